The van der Waals surface area contributed by atoms with Gasteiger partial charge in [0, 0.05) is 62.3 Å². The fraction of sp³-hybridized carbons (Fsp3) is 0.258. The fourth-order valence-corrected chi connectivity index (χ4v) is 4.76. The number of aryl methyl sites for hydroxylation is 1. The second-order valence-electron chi connectivity index (χ2n) is 10.0. The van der Waals surface area contributed by atoms with E-state index in [1.807, 2.05) is 49.2 Å². The van der Waals surface area contributed by atoms with E-state index in [-0.39, 0.29) is 10.6 Å². The second-order valence-corrected chi connectivity index (χ2v) is 10.4. The molecule has 42 heavy (non-hydrogen) atoms. The Bertz CT molecular complexity index is 1640. The Morgan fingerprint density at radius 1 is 1.19 bits per heavy atom. The van der Waals surface area contributed by atoms with Gasteiger partial charge < -0.3 is 19.5 Å². The van der Waals surface area contributed by atoms with Crippen molar-refractivity contribution in [3.63, 3.8) is 0 Å². The van der Waals surface area contributed by atoms with Gasteiger partial charge in [-0.15, -0.1) is 0 Å². The van der Waals surface area contributed by atoms with E-state index in [1.54, 1.807) is 43.2 Å². The number of nitrogens with one attached hydrogen (secondary N) is 2. The third kappa shape index (κ3) is 7.14. The SMILES string of the molecule is C=C(NC(=O)Nc1c(C)c(-c2ccc(=O)n(C)c2)nn1-c1ccccc1)C(CN(C)CCOC)c1ccc(F)c(Cl)c1. The van der Waals surface area contributed by atoms with Crippen LogP contribution in [0.15, 0.2) is 83.9 Å². The van der Waals surface area contributed by atoms with Gasteiger partial charge in [-0.2, -0.15) is 5.10 Å². The highest BCUT2D eigenvalue weighted by atomic mass is 35.5. The molecule has 220 valence electrons. The molecular weight excluding hydrogens is 559 g/mol. The first-order valence-corrected chi connectivity index (χ1v) is 13.7. The van der Waals surface area contributed by atoms with Gasteiger partial charge in [-0.05, 0) is 49.9 Å². The van der Waals surface area contributed by atoms with Gasteiger partial charge in [0.1, 0.15) is 11.6 Å². The molecule has 0 bridgehead atoms. The molecule has 2 aromatic carbocycles. The highest BCUT2D eigenvalue weighted by Crippen LogP contribution is 2.31. The van der Waals surface area contributed by atoms with E-state index in [0.717, 1.165) is 11.3 Å². The van der Waals surface area contributed by atoms with Crippen LogP contribution >= 0.6 is 11.6 Å². The predicted molar refractivity (Wildman–Crippen MR) is 164 cm³/mol. The van der Waals surface area contributed by atoms with Crippen LogP contribution < -0.4 is 16.2 Å². The van der Waals surface area contributed by atoms with Crippen LogP contribution in [-0.4, -0.2) is 59.1 Å². The van der Waals surface area contributed by atoms with E-state index in [9.17, 15) is 14.0 Å². The number of nitrogens with zero attached hydrogens (tertiary/aromatic N) is 4. The highest BCUT2D eigenvalue weighted by Gasteiger charge is 2.23. The van der Waals surface area contributed by atoms with Crippen molar-refractivity contribution >= 4 is 23.4 Å². The van der Waals surface area contributed by atoms with Crippen molar-refractivity contribution in [1.82, 2.24) is 24.6 Å². The monoisotopic (exact) mass is 592 g/mol. The molecular formula is C31H34ClFN6O3. The number of aromatic nitrogens is 3. The smallest absolute Gasteiger partial charge is 0.324 e. The highest BCUT2D eigenvalue weighted by molar-refractivity contribution is 6.30. The molecule has 11 heteroatoms. The number of methoxy groups -OCH3 is 1. The first kappa shape index (κ1) is 30.7. The zero-order chi connectivity index (χ0) is 30.4. The normalized spacial score (nSPS) is 11.9. The molecule has 0 radical (unpaired) electrons. The van der Waals surface area contributed by atoms with Crippen LogP contribution in [0.3, 0.4) is 0 Å². The summed E-state index contributed by atoms with van der Waals surface area (Å²) in [6.45, 7) is 7.64. The summed E-state index contributed by atoms with van der Waals surface area (Å²) in [6.07, 6.45) is 1.71. The minimum absolute atomic E-state index is 0.0115. The molecule has 0 spiro atoms. The van der Waals surface area contributed by atoms with E-state index in [4.69, 9.17) is 21.4 Å². The van der Waals surface area contributed by atoms with Crippen LogP contribution in [0.5, 0.6) is 0 Å². The molecule has 1 atom stereocenters. The molecule has 0 fully saturated rings. The van der Waals surface area contributed by atoms with Crippen molar-refractivity contribution in [2.75, 3.05) is 39.2 Å². The van der Waals surface area contributed by atoms with Crippen LogP contribution in [0.1, 0.15) is 17.0 Å². The standard InChI is InChI=1S/C31H34ClFN6O3/c1-20-29(23-12-14-28(40)38(4)18-23)36-39(24-9-7-6-8-10-24)30(20)35-31(41)34-21(2)25(19-37(3)15-16-42-5)22-11-13-27(33)26(32)17-22/h6-14,17-18,25H,2,15-16,19H2,1,3-5H3,(H2,34,35,41). The zero-order valence-corrected chi connectivity index (χ0v) is 24.8. The molecule has 0 aliphatic rings. The number of rotatable bonds is 11. The fourth-order valence-electron chi connectivity index (χ4n) is 4.57. The van der Waals surface area contributed by atoms with Crippen LogP contribution in [0, 0.1) is 12.7 Å². The van der Waals surface area contributed by atoms with Crippen molar-refractivity contribution in [2.24, 2.45) is 7.05 Å². The third-order valence-corrected chi connectivity index (χ3v) is 7.22. The van der Waals surface area contributed by atoms with Gasteiger partial charge in [0.15, 0.2) is 0 Å². The third-order valence-electron chi connectivity index (χ3n) is 6.93. The van der Waals surface area contributed by atoms with Gasteiger partial charge in [-0.25, -0.2) is 13.9 Å². The van der Waals surface area contributed by atoms with Crippen molar-refractivity contribution in [3.05, 3.63) is 111 Å². The maximum absolute atomic E-state index is 13.9. The van der Waals surface area contributed by atoms with E-state index in [1.165, 1.54) is 16.7 Å². The van der Waals surface area contributed by atoms with Crippen LogP contribution in [-0.2, 0) is 11.8 Å². The summed E-state index contributed by atoms with van der Waals surface area (Å²) in [7, 11) is 5.22. The number of urea groups is 1. The Morgan fingerprint density at radius 2 is 1.93 bits per heavy atom. The Labute approximate surface area is 249 Å². The average molecular weight is 593 g/mol. The van der Waals surface area contributed by atoms with Gasteiger partial charge in [0.2, 0.25) is 5.56 Å². The molecule has 2 heterocycles. The first-order valence-electron chi connectivity index (χ1n) is 13.3. The Kier molecular flexibility index (Phi) is 9.95. The maximum atomic E-state index is 13.9. The summed E-state index contributed by atoms with van der Waals surface area (Å²) in [5.41, 5.74) is 3.76. The van der Waals surface area contributed by atoms with Gasteiger partial charge in [-0.1, -0.05) is 42.4 Å². The Hall–Kier alpha value is -4.25. The predicted octanol–water partition coefficient (Wildman–Crippen LogP) is 5.34. The number of pyridine rings is 1. The molecule has 0 saturated heterocycles. The molecule has 1 unspecified atom stereocenters. The summed E-state index contributed by atoms with van der Waals surface area (Å²) in [6, 6.07) is 16.5. The first-order chi connectivity index (χ1) is 20.1. The second kappa shape index (κ2) is 13.6. The number of carbonyl (C=O) groups is 1. The van der Waals surface area contributed by atoms with Crippen LogP contribution in [0.4, 0.5) is 15.0 Å². The van der Waals surface area contributed by atoms with E-state index in [0.29, 0.717) is 48.0 Å². The van der Waals surface area contributed by atoms with Crippen LogP contribution in [0.2, 0.25) is 5.02 Å². The molecule has 4 aromatic rings. The minimum Gasteiger partial charge on any atom is -0.383 e. The molecule has 9 nitrogen and oxygen atoms in total. The molecule has 2 aromatic heterocycles. The van der Waals surface area contributed by atoms with Gasteiger partial charge in [0.25, 0.3) is 0 Å². The molecule has 2 amide bonds. The maximum Gasteiger partial charge on any atom is 0.324 e. The van der Waals surface area contributed by atoms with Crippen molar-refractivity contribution in [3.8, 4) is 16.9 Å². The minimum atomic E-state index is -0.526. The molecule has 0 saturated carbocycles. The number of ether oxygens (including phenoxy) is 1. The lowest BCUT2D eigenvalue weighted by Crippen LogP contribution is -2.35. The quantitative estimate of drug-likeness (QED) is 0.245. The lowest BCUT2D eigenvalue weighted by molar-refractivity contribution is 0.159. The largest absolute Gasteiger partial charge is 0.383 e. The van der Waals surface area contributed by atoms with Gasteiger partial charge >= 0.3 is 6.03 Å². The number of carbonyl (C=O) groups excluding carboxylic acids is 1. The number of halogens is 2. The van der Waals surface area contributed by atoms with Crippen molar-refractivity contribution < 1.29 is 13.9 Å². The number of amides is 2. The summed E-state index contributed by atoms with van der Waals surface area (Å²) >= 11 is 6.09. The number of hydrogen-bond acceptors (Lipinski definition) is 5. The number of hydrogen-bond donors (Lipinski definition) is 2. The van der Waals surface area contributed by atoms with E-state index in [2.05, 4.69) is 17.2 Å². The number of likely N-dealkylation sites (N-methyl/N-ethyl adjacent to an activating group) is 1. The Balaban J connectivity index is 1.64. The van der Waals surface area contributed by atoms with E-state index < -0.39 is 17.8 Å². The molecule has 0 aliphatic heterocycles. The number of anilines is 1. The summed E-state index contributed by atoms with van der Waals surface area (Å²) in [5, 5.41) is 10.6. The molecule has 4 rings (SSSR count). The zero-order valence-electron chi connectivity index (χ0n) is 24.0. The summed E-state index contributed by atoms with van der Waals surface area (Å²) in [4.78, 5) is 27.4. The van der Waals surface area contributed by atoms with Gasteiger partial charge in [0.05, 0.1) is 23.0 Å². The molecule has 0 aliphatic carbocycles. The lowest BCUT2D eigenvalue weighted by atomic mass is 9.95. The summed E-state index contributed by atoms with van der Waals surface area (Å²) in [5.74, 6) is -0.465. The topological polar surface area (TPSA) is 93.4 Å². The van der Waals surface area contributed by atoms with Crippen LogP contribution in [0.25, 0.3) is 16.9 Å². The van der Waals surface area contributed by atoms with Crippen molar-refractivity contribution in [1.29, 1.82) is 0 Å². The van der Waals surface area contributed by atoms with Gasteiger partial charge in [-0.3, -0.25) is 10.1 Å². The summed E-state index contributed by atoms with van der Waals surface area (Å²) < 4.78 is 22.3. The number of para-hydroxylation sites is 1. The molecule has 2 N–H and O–H groups in total. The average Bonchev–Trinajstić information content (AvgIpc) is 3.29. The van der Waals surface area contributed by atoms with E-state index >= 15 is 0 Å². The lowest BCUT2D eigenvalue weighted by Gasteiger charge is -2.26. The Morgan fingerprint density at radius 3 is 2.60 bits per heavy atom. The number of benzene rings is 2. The van der Waals surface area contributed by atoms with Crippen molar-refractivity contribution in [2.45, 2.75) is 12.8 Å².